The van der Waals surface area contributed by atoms with Crippen molar-refractivity contribution in [3.05, 3.63) is 22.4 Å². The molecule has 0 bridgehead atoms. The molecule has 2 fully saturated rings. The first-order chi connectivity index (χ1) is 13.1. The summed E-state index contributed by atoms with van der Waals surface area (Å²) in [6.07, 6.45) is 7.70. The number of rotatable bonds is 6. The van der Waals surface area contributed by atoms with E-state index >= 15 is 0 Å². The minimum atomic E-state index is 0.289. The van der Waals surface area contributed by atoms with Gasteiger partial charge in [0.25, 0.3) is 0 Å². The summed E-state index contributed by atoms with van der Waals surface area (Å²) in [6.45, 7) is 6.93. The van der Waals surface area contributed by atoms with Crippen LogP contribution in [0.1, 0.15) is 37.0 Å². The van der Waals surface area contributed by atoms with Crippen molar-refractivity contribution in [2.45, 2.75) is 44.1 Å². The minimum Gasteiger partial charge on any atom is -0.354 e. The number of nitrogens with zero attached hydrogens (tertiary/aromatic N) is 4. The lowest BCUT2D eigenvalue weighted by molar-refractivity contribution is 0.0170. The molecule has 0 spiro atoms. The quantitative estimate of drug-likeness (QED) is 0.597. The zero-order valence-electron chi connectivity index (χ0n) is 17.4. The Bertz CT molecular complexity index is 571. The summed E-state index contributed by atoms with van der Waals surface area (Å²) < 4.78 is 0. The van der Waals surface area contributed by atoms with E-state index in [1.807, 2.05) is 18.4 Å². The van der Waals surface area contributed by atoms with Crippen LogP contribution in [0.4, 0.5) is 0 Å². The van der Waals surface area contributed by atoms with Crippen LogP contribution in [-0.4, -0.2) is 86.6 Å². The molecule has 0 unspecified atom stereocenters. The average molecular weight is 392 g/mol. The van der Waals surface area contributed by atoms with Crippen LogP contribution in [0.2, 0.25) is 0 Å². The van der Waals surface area contributed by atoms with Crippen LogP contribution in [0.5, 0.6) is 0 Å². The first kappa shape index (κ1) is 20.6. The number of piperidine rings is 2. The summed E-state index contributed by atoms with van der Waals surface area (Å²) in [6, 6.07) is 4.36. The molecule has 1 aromatic heterocycles. The highest BCUT2D eigenvalue weighted by Gasteiger charge is 2.39. The second-order valence-electron chi connectivity index (χ2n) is 8.23. The van der Waals surface area contributed by atoms with Crippen molar-refractivity contribution in [1.29, 1.82) is 0 Å². The Kier molecular flexibility index (Phi) is 7.56. The fourth-order valence-electron chi connectivity index (χ4n) is 4.47. The maximum absolute atomic E-state index is 4.57. The Labute approximate surface area is 169 Å². The Morgan fingerprint density at radius 1 is 1.22 bits per heavy atom. The Balaban J connectivity index is 1.59. The van der Waals surface area contributed by atoms with Crippen molar-refractivity contribution in [2.24, 2.45) is 4.99 Å². The van der Waals surface area contributed by atoms with Gasteiger partial charge in [-0.05, 0) is 76.8 Å². The summed E-state index contributed by atoms with van der Waals surface area (Å²) >= 11 is 1.84. The van der Waals surface area contributed by atoms with Gasteiger partial charge in [-0.25, -0.2) is 0 Å². The van der Waals surface area contributed by atoms with E-state index < -0.39 is 0 Å². The van der Waals surface area contributed by atoms with E-state index in [0.717, 1.165) is 25.5 Å². The molecule has 0 saturated carbocycles. The smallest absolute Gasteiger partial charge is 0.193 e. The van der Waals surface area contributed by atoms with Crippen LogP contribution < -0.4 is 5.32 Å². The predicted octanol–water partition coefficient (Wildman–Crippen LogP) is 2.75. The first-order valence-electron chi connectivity index (χ1n) is 10.5. The van der Waals surface area contributed by atoms with Gasteiger partial charge in [-0.2, -0.15) is 0 Å². The molecule has 152 valence electrons. The molecule has 5 nitrogen and oxygen atoms in total. The number of likely N-dealkylation sites (N-methyl/N-ethyl adjacent to an activating group) is 1. The molecule has 0 amide bonds. The van der Waals surface area contributed by atoms with Crippen molar-refractivity contribution >= 4 is 17.3 Å². The number of nitrogens with one attached hydrogen (secondary N) is 1. The molecule has 1 aromatic rings. The normalized spacial score (nSPS) is 22.0. The SMILES string of the molecule is CN=C(NCC1(N2CCCCC2)CCN(C)CC1)N(C)CCc1cccs1. The van der Waals surface area contributed by atoms with Crippen molar-refractivity contribution in [1.82, 2.24) is 20.0 Å². The second-order valence-corrected chi connectivity index (χ2v) is 9.26. The zero-order chi connectivity index (χ0) is 19.1. The van der Waals surface area contributed by atoms with Gasteiger partial charge in [0.1, 0.15) is 0 Å². The standard InChI is InChI=1S/C21H37N5S/c1-22-20(25(3)14-9-19-8-7-17-27-19)23-18-21(10-15-24(2)16-11-21)26-12-5-4-6-13-26/h7-8,17H,4-6,9-16,18H2,1-3H3,(H,22,23). The molecule has 27 heavy (non-hydrogen) atoms. The third kappa shape index (κ3) is 5.46. The summed E-state index contributed by atoms with van der Waals surface area (Å²) in [5, 5.41) is 5.90. The van der Waals surface area contributed by atoms with Crippen molar-refractivity contribution in [3.63, 3.8) is 0 Å². The zero-order valence-corrected chi connectivity index (χ0v) is 18.2. The maximum atomic E-state index is 4.57. The molecule has 3 rings (SSSR count). The highest BCUT2D eigenvalue weighted by atomic mass is 32.1. The second kappa shape index (κ2) is 9.89. The first-order valence-corrected chi connectivity index (χ1v) is 11.4. The van der Waals surface area contributed by atoms with Gasteiger partial charge < -0.3 is 15.1 Å². The Morgan fingerprint density at radius 3 is 2.59 bits per heavy atom. The topological polar surface area (TPSA) is 34.1 Å². The number of thiophene rings is 1. The van der Waals surface area contributed by atoms with E-state index in [-0.39, 0.29) is 5.54 Å². The van der Waals surface area contributed by atoms with Gasteiger partial charge in [0.15, 0.2) is 5.96 Å². The largest absolute Gasteiger partial charge is 0.354 e. The molecule has 0 radical (unpaired) electrons. The van der Waals surface area contributed by atoms with E-state index in [9.17, 15) is 0 Å². The number of likely N-dealkylation sites (tertiary alicyclic amines) is 2. The van der Waals surface area contributed by atoms with E-state index in [1.165, 1.54) is 63.2 Å². The number of hydrogen-bond donors (Lipinski definition) is 1. The van der Waals surface area contributed by atoms with Crippen molar-refractivity contribution in [3.8, 4) is 0 Å². The molecule has 3 heterocycles. The van der Waals surface area contributed by atoms with Gasteiger partial charge in [-0.3, -0.25) is 9.89 Å². The molecule has 0 aliphatic carbocycles. The van der Waals surface area contributed by atoms with Crippen LogP contribution in [-0.2, 0) is 6.42 Å². The molecule has 2 aliphatic rings. The lowest BCUT2D eigenvalue weighted by Crippen LogP contribution is -2.62. The van der Waals surface area contributed by atoms with Gasteiger partial charge in [0, 0.05) is 37.6 Å². The third-order valence-electron chi connectivity index (χ3n) is 6.37. The summed E-state index contributed by atoms with van der Waals surface area (Å²) in [4.78, 5) is 13.6. The van der Waals surface area contributed by atoms with E-state index in [1.54, 1.807) is 0 Å². The fraction of sp³-hybridized carbons (Fsp3) is 0.762. The summed E-state index contributed by atoms with van der Waals surface area (Å²) in [5.74, 6) is 1.03. The predicted molar refractivity (Wildman–Crippen MR) is 117 cm³/mol. The summed E-state index contributed by atoms with van der Waals surface area (Å²) in [5.41, 5.74) is 0.289. The molecule has 0 atom stereocenters. The van der Waals surface area contributed by atoms with Crippen molar-refractivity contribution < 1.29 is 0 Å². The third-order valence-corrected chi connectivity index (χ3v) is 7.30. The molecule has 6 heteroatoms. The Hall–Kier alpha value is -1.11. The van der Waals surface area contributed by atoms with Crippen LogP contribution >= 0.6 is 11.3 Å². The maximum Gasteiger partial charge on any atom is 0.193 e. The van der Waals surface area contributed by atoms with E-state index in [2.05, 4.69) is 56.6 Å². The molecule has 1 N–H and O–H groups in total. The van der Waals surface area contributed by atoms with Crippen LogP contribution in [0.25, 0.3) is 0 Å². The van der Waals surface area contributed by atoms with E-state index in [0.29, 0.717) is 0 Å². The number of aliphatic imine (C=N–C) groups is 1. The van der Waals surface area contributed by atoms with Crippen LogP contribution in [0.15, 0.2) is 22.5 Å². The lowest BCUT2D eigenvalue weighted by atomic mass is 9.84. The lowest BCUT2D eigenvalue weighted by Gasteiger charge is -2.50. The highest BCUT2D eigenvalue weighted by Crippen LogP contribution is 2.30. The average Bonchev–Trinajstić information content (AvgIpc) is 3.23. The fourth-order valence-corrected chi connectivity index (χ4v) is 5.17. The summed E-state index contributed by atoms with van der Waals surface area (Å²) in [7, 11) is 6.32. The van der Waals surface area contributed by atoms with Gasteiger partial charge in [0.2, 0.25) is 0 Å². The van der Waals surface area contributed by atoms with Gasteiger partial charge in [-0.15, -0.1) is 11.3 Å². The van der Waals surface area contributed by atoms with E-state index in [4.69, 9.17) is 0 Å². The molecule has 0 aromatic carbocycles. The van der Waals surface area contributed by atoms with Crippen LogP contribution in [0.3, 0.4) is 0 Å². The van der Waals surface area contributed by atoms with Gasteiger partial charge in [0.05, 0.1) is 0 Å². The molecule has 2 saturated heterocycles. The van der Waals surface area contributed by atoms with Gasteiger partial charge >= 0.3 is 0 Å². The monoisotopic (exact) mass is 391 g/mol. The minimum absolute atomic E-state index is 0.289. The molecular formula is C21H37N5S. The van der Waals surface area contributed by atoms with Crippen molar-refractivity contribution in [2.75, 3.05) is 60.4 Å². The molecule has 2 aliphatic heterocycles. The van der Waals surface area contributed by atoms with Gasteiger partial charge in [-0.1, -0.05) is 12.5 Å². The number of guanidine groups is 1. The highest BCUT2D eigenvalue weighted by molar-refractivity contribution is 7.09. The van der Waals surface area contributed by atoms with Crippen LogP contribution in [0, 0.1) is 0 Å². The Morgan fingerprint density at radius 2 is 1.96 bits per heavy atom. The molecular weight excluding hydrogens is 354 g/mol. The number of hydrogen-bond acceptors (Lipinski definition) is 4.